The predicted molar refractivity (Wildman–Crippen MR) is 45.1 cm³/mol. The second kappa shape index (κ2) is 4.24. The first-order valence-electron chi connectivity index (χ1n) is 4.14. The Morgan fingerprint density at radius 1 is 1.50 bits per heavy atom. The average Bonchev–Trinajstić information content (AvgIpc) is 2.19. The van der Waals surface area contributed by atoms with Gasteiger partial charge in [-0.2, -0.15) is 0 Å². The SMILES string of the molecule is C=COC[C@@]1(O)OC[C@@H](O)[C@@H](O)[C@@H]1O. The molecule has 4 atom stereocenters. The molecule has 6 nitrogen and oxygen atoms in total. The van der Waals surface area contributed by atoms with Crippen LogP contribution in [0.15, 0.2) is 12.8 Å². The number of aliphatic hydroxyl groups is 4. The van der Waals surface area contributed by atoms with Crippen LogP contribution in [-0.4, -0.2) is 57.7 Å². The molecule has 0 unspecified atom stereocenters. The van der Waals surface area contributed by atoms with Crippen molar-refractivity contribution in [3.05, 3.63) is 12.8 Å². The van der Waals surface area contributed by atoms with E-state index in [0.717, 1.165) is 6.26 Å². The van der Waals surface area contributed by atoms with Crippen molar-refractivity contribution in [3.63, 3.8) is 0 Å². The van der Waals surface area contributed by atoms with E-state index in [1.165, 1.54) is 0 Å². The maximum atomic E-state index is 9.64. The summed E-state index contributed by atoms with van der Waals surface area (Å²) in [7, 11) is 0. The van der Waals surface area contributed by atoms with Gasteiger partial charge in [0.2, 0.25) is 5.79 Å². The van der Waals surface area contributed by atoms with Crippen LogP contribution in [0.1, 0.15) is 0 Å². The lowest BCUT2D eigenvalue weighted by Crippen LogP contribution is -2.62. The van der Waals surface area contributed by atoms with Gasteiger partial charge in [-0.05, 0) is 0 Å². The first-order valence-corrected chi connectivity index (χ1v) is 4.14. The van der Waals surface area contributed by atoms with Crippen molar-refractivity contribution in [1.82, 2.24) is 0 Å². The molecule has 0 amide bonds. The van der Waals surface area contributed by atoms with Crippen LogP contribution in [0.25, 0.3) is 0 Å². The topological polar surface area (TPSA) is 99.4 Å². The van der Waals surface area contributed by atoms with Gasteiger partial charge in [0.15, 0.2) is 0 Å². The molecule has 14 heavy (non-hydrogen) atoms. The molecule has 0 aliphatic carbocycles. The van der Waals surface area contributed by atoms with Crippen molar-refractivity contribution in [2.75, 3.05) is 13.2 Å². The normalized spacial score (nSPS) is 43.3. The van der Waals surface area contributed by atoms with Crippen LogP contribution in [0.3, 0.4) is 0 Å². The molecule has 1 fully saturated rings. The number of rotatable bonds is 3. The molecule has 1 heterocycles. The lowest BCUT2D eigenvalue weighted by molar-refractivity contribution is -0.331. The molecule has 1 rings (SSSR count). The molecule has 0 spiro atoms. The monoisotopic (exact) mass is 206 g/mol. The highest BCUT2D eigenvalue weighted by molar-refractivity contribution is 4.91. The molecule has 0 saturated carbocycles. The summed E-state index contributed by atoms with van der Waals surface area (Å²) in [4.78, 5) is 0. The van der Waals surface area contributed by atoms with Gasteiger partial charge in [-0.15, -0.1) is 0 Å². The summed E-state index contributed by atoms with van der Waals surface area (Å²) >= 11 is 0. The summed E-state index contributed by atoms with van der Waals surface area (Å²) in [6.45, 7) is 2.62. The Morgan fingerprint density at radius 3 is 2.71 bits per heavy atom. The number of ether oxygens (including phenoxy) is 2. The fourth-order valence-corrected chi connectivity index (χ4v) is 1.20. The second-order valence-corrected chi connectivity index (χ2v) is 3.14. The fourth-order valence-electron chi connectivity index (χ4n) is 1.20. The molecule has 0 bridgehead atoms. The predicted octanol–water partition coefficient (Wildman–Crippen LogP) is -2.05. The van der Waals surface area contributed by atoms with Crippen LogP contribution < -0.4 is 0 Å². The summed E-state index contributed by atoms with van der Waals surface area (Å²) in [6, 6.07) is 0. The quantitative estimate of drug-likeness (QED) is 0.397. The Morgan fingerprint density at radius 2 is 2.14 bits per heavy atom. The molecule has 1 aliphatic heterocycles. The molecule has 6 heteroatoms. The second-order valence-electron chi connectivity index (χ2n) is 3.14. The third-order valence-corrected chi connectivity index (χ3v) is 2.09. The van der Waals surface area contributed by atoms with Crippen LogP contribution in [0.4, 0.5) is 0 Å². The maximum absolute atomic E-state index is 9.64. The minimum Gasteiger partial charge on any atom is -0.496 e. The minimum absolute atomic E-state index is 0.269. The standard InChI is InChI=1S/C8H14O6/c1-2-13-4-8(12)7(11)6(10)5(9)3-14-8/h2,5-7,9-12H,1,3-4H2/t5-,6-,7+,8-/m1/s1. The Labute approximate surface area is 81.0 Å². The third-order valence-electron chi connectivity index (χ3n) is 2.09. The molecule has 0 aromatic rings. The van der Waals surface area contributed by atoms with Crippen LogP contribution >= 0.6 is 0 Å². The smallest absolute Gasteiger partial charge is 0.230 e. The summed E-state index contributed by atoms with van der Waals surface area (Å²) in [6.07, 6.45) is -3.21. The summed E-state index contributed by atoms with van der Waals surface area (Å²) in [5.74, 6) is -2.01. The Kier molecular flexibility index (Phi) is 3.46. The average molecular weight is 206 g/mol. The van der Waals surface area contributed by atoms with Crippen molar-refractivity contribution in [2.24, 2.45) is 0 Å². The van der Waals surface area contributed by atoms with E-state index < -0.39 is 24.1 Å². The molecule has 82 valence electrons. The van der Waals surface area contributed by atoms with Gasteiger partial charge in [-0.25, -0.2) is 0 Å². The van der Waals surface area contributed by atoms with Crippen LogP contribution in [0.2, 0.25) is 0 Å². The van der Waals surface area contributed by atoms with Crippen molar-refractivity contribution < 1.29 is 29.9 Å². The van der Waals surface area contributed by atoms with Gasteiger partial charge in [0.1, 0.15) is 24.9 Å². The van der Waals surface area contributed by atoms with Crippen LogP contribution in [0.5, 0.6) is 0 Å². The zero-order valence-electron chi connectivity index (χ0n) is 7.54. The summed E-state index contributed by atoms with van der Waals surface area (Å²) in [5, 5.41) is 37.4. The van der Waals surface area contributed by atoms with E-state index in [9.17, 15) is 15.3 Å². The Bertz CT molecular complexity index is 208. The van der Waals surface area contributed by atoms with E-state index in [0.29, 0.717) is 0 Å². The lowest BCUT2D eigenvalue weighted by atomic mass is 9.97. The van der Waals surface area contributed by atoms with Crippen molar-refractivity contribution in [2.45, 2.75) is 24.1 Å². The molecular weight excluding hydrogens is 192 g/mol. The van der Waals surface area contributed by atoms with Gasteiger partial charge in [0.25, 0.3) is 0 Å². The zero-order valence-corrected chi connectivity index (χ0v) is 7.54. The number of hydrogen-bond donors (Lipinski definition) is 4. The highest BCUT2D eigenvalue weighted by Gasteiger charge is 2.48. The molecule has 0 aromatic carbocycles. The van der Waals surface area contributed by atoms with Gasteiger partial charge in [0.05, 0.1) is 12.9 Å². The van der Waals surface area contributed by atoms with Crippen LogP contribution in [0, 0.1) is 0 Å². The van der Waals surface area contributed by atoms with E-state index in [1.807, 2.05) is 0 Å². The molecule has 1 aliphatic rings. The van der Waals surface area contributed by atoms with Crippen LogP contribution in [-0.2, 0) is 9.47 Å². The molecule has 4 N–H and O–H groups in total. The van der Waals surface area contributed by atoms with Crippen molar-refractivity contribution >= 4 is 0 Å². The van der Waals surface area contributed by atoms with Crippen molar-refractivity contribution in [3.8, 4) is 0 Å². The van der Waals surface area contributed by atoms with E-state index >= 15 is 0 Å². The maximum Gasteiger partial charge on any atom is 0.230 e. The minimum atomic E-state index is -2.01. The highest BCUT2D eigenvalue weighted by atomic mass is 16.7. The Hall–Kier alpha value is -0.660. The van der Waals surface area contributed by atoms with Gasteiger partial charge in [0, 0.05) is 0 Å². The van der Waals surface area contributed by atoms with Crippen molar-refractivity contribution in [1.29, 1.82) is 0 Å². The first-order chi connectivity index (χ1) is 6.51. The first kappa shape index (κ1) is 11.4. The van der Waals surface area contributed by atoms with E-state index in [-0.39, 0.29) is 13.2 Å². The van der Waals surface area contributed by atoms with E-state index in [4.69, 9.17) is 9.84 Å². The van der Waals surface area contributed by atoms with E-state index in [1.54, 1.807) is 0 Å². The molecular formula is C8H14O6. The molecule has 0 aromatic heterocycles. The number of hydrogen-bond acceptors (Lipinski definition) is 6. The van der Waals surface area contributed by atoms with E-state index in [2.05, 4.69) is 11.3 Å². The Balaban J connectivity index is 2.64. The molecule has 0 radical (unpaired) electrons. The zero-order chi connectivity index (χ0) is 10.8. The van der Waals surface area contributed by atoms with Gasteiger partial charge in [-0.1, -0.05) is 6.58 Å². The lowest BCUT2D eigenvalue weighted by Gasteiger charge is -2.40. The highest BCUT2D eigenvalue weighted by Crippen LogP contribution is 2.24. The van der Waals surface area contributed by atoms with Gasteiger partial charge >= 0.3 is 0 Å². The summed E-state index contributed by atoms with van der Waals surface area (Å²) < 4.78 is 9.45. The number of aliphatic hydroxyl groups excluding tert-OH is 3. The van der Waals surface area contributed by atoms with Gasteiger partial charge in [-0.3, -0.25) is 0 Å². The summed E-state index contributed by atoms with van der Waals surface area (Å²) in [5.41, 5.74) is 0. The molecule has 1 saturated heterocycles. The van der Waals surface area contributed by atoms with Gasteiger partial charge < -0.3 is 29.9 Å². The third kappa shape index (κ3) is 2.05. The fraction of sp³-hybridized carbons (Fsp3) is 0.750. The largest absolute Gasteiger partial charge is 0.496 e.